The van der Waals surface area contributed by atoms with Crippen molar-refractivity contribution in [2.45, 2.75) is 41.2 Å². The molecule has 0 saturated heterocycles. The highest BCUT2D eigenvalue weighted by Crippen LogP contribution is 2.42. The van der Waals surface area contributed by atoms with Crippen LogP contribution in [0.5, 0.6) is 17.2 Å². The highest BCUT2D eigenvalue weighted by atomic mass is 16.5. The third-order valence-electron chi connectivity index (χ3n) is 5.26. The molecular formula is C26H33NO4. The first-order valence-corrected chi connectivity index (χ1v) is 10.9. The van der Waals surface area contributed by atoms with E-state index in [9.17, 15) is 9.90 Å². The quantitative estimate of drug-likeness (QED) is 0.573. The van der Waals surface area contributed by atoms with Crippen molar-refractivity contribution in [2.75, 3.05) is 20.2 Å². The van der Waals surface area contributed by atoms with Gasteiger partial charge in [-0.2, -0.15) is 0 Å². The van der Waals surface area contributed by atoms with Crippen LogP contribution in [0, 0.1) is 18.8 Å². The summed E-state index contributed by atoms with van der Waals surface area (Å²) < 4.78 is 11.3. The van der Waals surface area contributed by atoms with Crippen LogP contribution in [-0.2, 0) is 6.54 Å². The molecule has 0 unspecified atom stereocenters. The van der Waals surface area contributed by atoms with E-state index in [0.29, 0.717) is 35.3 Å². The second-order valence-electron chi connectivity index (χ2n) is 9.09. The molecule has 0 saturated carbocycles. The Morgan fingerprint density at radius 3 is 2.26 bits per heavy atom. The van der Waals surface area contributed by atoms with E-state index >= 15 is 0 Å². The van der Waals surface area contributed by atoms with E-state index in [0.717, 1.165) is 30.0 Å². The van der Waals surface area contributed by atoms with Crippen LogP contribution in [0.1, 0.15) is 54.7 Å². The Balaban J connectivity index is 1.96. The Morgan fingerprint density at radius 2 is 1.71 bits per heavy atom. The first kappa shape index (κ1) is 22.9. The summed E-state index contributed by atoms with van der Waals surface area (Å²) in [6.07, 6.45) is 1.74. The van der Waals surface area contributed by atoms with E-state index in [-0.39, 0.29) is 17.3 Å². The molecule has 0 aliphatic carbocycles. The van der Waals surface area contributed by atoms with Gasteiger partial charge in [0, 0.05) is 19.6 Å². The van der Waals surface area contributed by atoms with Crippen molar-refractivity contribution in [3.8, 4) is 17.2 Å². The Labute approximate surface area is 185 Å². The van der Waals surface area contributed by atoms with E-state index in [2.05, 4.69) is 32.6 Å². The SMILES string of the molecule is COc1ccc(/C=C2/Oc3c(CN(CC(C)C)CC(C)C)c(O)cc(C)c3C2=O)cc1. The van der Waals surface area contributed by atoms with E-state index in [1.165, 1.54) is 0 Å². The molecule has 5 heteroatoms. The van der Waals surface area contributed by atoms with Crippen molar-refractivity contribution < 1.29 is 19.4 Å². The fourth-order valence-corrected chi connectivity index (χ4v) is 4.04. The van der Waals surface area contributed by atoms with Gasteiger partial charge < -0.3 is 14.6 Å². The zero-order chi connectivity index (χ0) is 22.7. The van der Waals surface area contributed by atoms with Gasteiger partial charge in [-0.3, -0.25) is 9.69 Å². The molecule has 166 valence electrons. The maximum atomic E-state index is 13.1. The van der Waals surface area contributed by atoms with Crippen molar-refractivity contribution in [3.63, 3.8) is 0 Å². The second kappa shape index (κ2) is 9.56. The van der Waals surface area contributed by atoms with Gasteiger partial charge in [-0.1, -0.05) is 39.8 Å². The number of phenols is 1. The van der Waals surface area contributed by atoms with Crippen LogP contribution in [0.25, 0.3) is 6.08 Å². The lowest BCUT2D eigenvalue weighted by molar-refractivity contribution is 0.101. The van der Waals surface area contributed by atoms with Crippen LogP contribution in [0.3, 0.4) is 0 Å². The molecule has 5 nitrogen and oxygen atoms in total. The number of allylic oxidation sites excluding steroid dienone is 1. The summed E-state index contributed by atoms with van der Waals surface area (Å²) in [6, 6.07) is 9.12. The number of Topliss-reactive ketones (excluding diaryl/α,β-unsaturated/α-hetero) is 1. The molecule has 0 fully saturated rings. The summed E-state index contributed by atoms with van der Waals surface area (Å²) >= 11 is 0. The minimum absolute atomic E-state index is 0.149. The number of nitrogens with zero attached hydrogens (tertiary/aromatic N) is 1. The van der Waals surface area contributed by atoms with Gasteiger partial charge in [0.05, 0.1) is 18.2 Å². The van der Waals surface area contributed by atoms with E-state index < -0.39 is 0 Å². The average Bonchev–Trinajstić information content (AvgIpc) is 3.01. The molecule has 3 rings (SSSR count). The van der Waals surface area contributed by atoms with Crippen LogP contribution in [-0.4, -0.2) is 36.0 Å². The first-order chi connectivity index (χ1) is 14.7. The standard InChI is InChI=1S/C26H33NO4/c1-16(2)13-27(14-17(3)4)15-21-22(28)11-18(5)24-25(29)23(31-26(21)24)12-19-7-9-20(30-6)10-8-19/h7-12,16-17,28H,13-15H2,1-6H3/b23-12+. The number of rotatable bonds is 8. The largest absolute Gasteiger partial charge is 0.507 e. The third-order valence-corrected chi connectivity index (χ3v) is 5.26. The predicted octanol–water partition coefficient (Wildman–Crippen LogP) is 5.44. The first-order valence-electron chi connectivity index (χ1n) is 10.9. The topological polar surface area (TPSA) is 59.0 Å². The molecule has 0 radical (unpaired) electrons. The highest BCUT2D eigenvalue weighted by molar-refractivity contribution is 6.15. The van der Waals surface area contributed by atoms with E-state index in [4.69, 9.17) is 9.47 Å². The molecule has 31 heavy (non-hydrogen) atoms. The summed E-state index contributed by atoms with van der Waals surface area (Å²) in [4.78, 5) is 15.5. The fourth-order valence-electron chi connectivity index (χ4n) is 4.04. The number of aromatic hydroxyl groups is 1. The van der Waals surface area contributed by atoms with Gasteiger partial charge >= 0.3 is 0 Å². The van der Waals surface area contributed by atoms with Crippen LogP contribution in [0.4, 0.5) is 0 Å². The minimum atomic E-state index is -0.149. The van der Waals surface area contributed by atoms with Gasteiger partial charge in [0.15, 0.2) is 5.76 Å². The zero-order valence-electron chi connectivity index (χ0n) is 19.4. The molecule has 0 spiro atoms. The third kappa shape index (κ3) is 5.28. The monoisotopic (exact) mass is 423 g/mol. The minimum Gasteiger partial charge on any atom is -0.507 e. The van der Waals surface area contributed by atoms with Gasteiger partial charge in [0.2, 0.25) is 5.78 Å². The van der Waals surface area contributed by atoms with Gasteiger partial charge in [0.25, 0.3) is 0 Å². The number of phenolic OH excluding ortho intramolecular Hbond substituents is 1. The number of hydrogen-bond donors (Lipinski definition) is 1. The van der Waals surface area contributed by atoms with Crippen molar-refractivity contribution in [3.05, 3.63) is 58.3 Å². The van der Waals surface area contributed by atoms with Crippen LogP contribution in [0.2, 0.25) is 0 Å². The predicted molar refractivity (Wildman–Crippen MR) is 124 cm³/mol. The molecule has 0 atom stereocenters. The molecule has 0 bridgehead atoms. The smallest absolute Gasteiger partial charge is 0.232 e. The van der Waals surface area contributed by atoms with Gasteiger partial charge in [-0.05, 0) is 54.2 Å². The molecule has 1 heterocycles. The van der Waals surface area contributed by atoms with E-state index in [1.54, 1.807) is 19.3 Å². The number of carbonyl (C=O) groups excluding carboxylic acids is 1. The molecule has 1 aliphatic rings. The molecule has 0 amide bonds. The molecule has 1 N–H and O–H groups in total. The maximum Gasteiger partial charge on any atom is 0.232 e. The molecule has 2 aromatic carbocycles. The zero-order valence-corrected chi connectivity index (χ0v) is 19.4. The van der Waals surface area contributed by atoms with Crippen molar-refractivity contribution in [2.24, 2.45) is 11.8 Å². The lowest BCUT2D eigenvalue weighted by Gasteiger charge is -2.27. The molecule has 1 aliphatic heterocycles. The highest BCUT2D eigenvalue weighted by Gasteiger charge is 2.33. The number of hydrogen-bond acceptors (Lipinski definition) is 5. The Kier molecular flexibility index (Phi) is 7.06. The normalized spacial score (nSPS) is 14.6. The Bertz CT molecular complexity index is 964. The lowest BCUT2D eigenvalue weighted by Crippen LogP contribution is -2.31. The van der Waals surface area contributed by atoms with Crippen molar-refractivity contribution in [1.29, 1.82) is 0 Å². The number of aryl methyl sites for hydroxylation is 1. The number of methoxy groups -OCH3 is 1. The summed E-state index contributed by atoms with van der Waals surface area (Å²) in [5.41, 5.74) is 2.79. The molecule has 0 aromatic heterocycles. The molecule has 2 aromatic rings. The number of ether oxygens (including phenoxy) is 2. The number of ketones is 1. The van der Waals surface area contributed by atoms with E-state index in [1.807, 2.05) is 31.2 Å². The van der Waals surface area contributed by atoms with Crippen molar-refractivity contribution >= 4 is 11.9 Å². The van der Waals surface area contributed by atoms with Gasteiger partial charge in [0.1, 0.15) is 17.2 Å². The number of fused-ring (bicyclic) bond motifs is 1. The molecular weight excluding hydrogens is 390 g/mol. The van der Waals surface area contributed by atoms with Crippen LogP contribution in [0.15, 0.2) is 36.1 Å². The lowest BCUT2D eigenvalue weighted by atomic mass is 9.98. The summed E-state index contributed by atoms with van der Waals surface area (Å²) in [5, 5.41) is 10.7. The Hall–Kier alpha value is -2.79. The number of benzene rings is 2. The van der Waals surface area contributed by atoms with Crippen LogP contribution >= 0.6 is 0 Å². The summed E-state index contributed by atoms with van der Waals surface area (Å²) in [5.74, 6) is 2.52. The second-order valence-corrected chi connectivity index (χ2v) is 9.09. The van der Waals surface area contributed by atoms with Gasteiger partial charge in [-0.25, -0.2) is 0 Å². The number of carbonyl (C=O) groups is 1. The van der Waals surface area contributed by atoms with Crippen LogP contribution < -0.4 is 9.47 Å². The summed E-state index contributed by atoms with van der Waals surface area (Å²) in [7, 11) is 1.62. The maximum absolute atomic E-state index is 13.1. The average molecular weight is 424 g/mol. The Morgan fingerprint density at radius 1 is 1.10 bits per heavy atom. The van der Waals surface area contributed by atoms with Gasteiger partial charge in [-0.15, -0.1) is 0 Å². The fraction of sp³-hybridized carbons (Fsp3) is 0.423. The van der Waals surface area contributed by atoms with Crippen molar-refractivity contribution in [1.82, 2.24) is 4.90 Å². The summed E-state index contributed by atoms with van der Waals surface area (Å²) in [6.45, 7) is 12.9.